The molecule has 1 aromatic rings. The van der Waals surface area contributed by atoms with E-state index in [9.17, 15) is 9.90 Å². The van der Waals surface area contributed by atoms with E-state index in [2.05, 4.69) is 44.5 Å². The molecule has 1 heterocycles. The number of hydrogen-bond donors (Lipinski definition) is 1. The van der Waals surface area contributed by atoms with Crippen LogP contribution in [0.2, 0.25) is 0 Å². The summed E-state index contributed by atoms with van der Waals surface area (Å²) < 4.78 is 0. The molecule has 0 aromatic carbocycles. The molecule has 4 nitrogen and oxygen atoms in total. The topological polar surface area (TPSA) is 53.4 Å². The normalized spacial score (nSPS) is 11.9. The van der Waals surface area contributed by atoms with Gasteiger partial charge in [-0.05, 0) is 38.1 Å². The fraction of sp³-hybridized carbons (Fsp3) is 0.647. The molecule has 21 heavy (non-hydrogen) atoms. The fourth-order valence-electron chi connectivity index (χ4n) is 2.35. The number of nitrogens with zero attached hydrogens (tertiary/aromatic N) is 2. The van der Waals surface area contributed by atoms with Gasteiger partial charge in [0.05, 0.1) is 11.3 Å². The number of pyridine rings is 1. The van der Waals surface area contributed by atoms with Crippen molar-refractivity contribution < 1.29 is 9.90 Å². The Morgan fingerprint density at radius 2 is 1.76 bits per heavy atom. The van der Waals surface area contributed by atoms with Gasteiger partial charge in [-0.2, -0.15) is 0 Å². The number of rotatable bonds is 7. The Morgan fingerprint density at radius 1 is 1.19 bits per heavy atom. The first kappa shape index (κ1) is 17.6. The van der Waals surface area contributed by atoms with E-state index in [1.54, 1.807) is 6.07 Å². The van der Waals surface area contributed by atoms with E-state index >= 15 is 0 Å². The van der Waals surface area contributed by atoms with Crippen LogP contribution in [0.5, 0.6) is 0 Å². The van der Waals surface area contributed by atoms with Gasteiger partial charge >= 0.3 is 5.97 Å². The summed E-state index contributed by atoms with van der Waals surface area (Å²) in [5, 5.41) is 9.37. The summed E-state index contributed by atoms with van der Waals surface area (Å²) in [5.41, 5.74) is 1.86. The number of carboxylic acid groups (broad SMARTS) is 1. The molecule has 0 aliphatic heterocycles. The largest absolute Gasteiger partial charge is 0.478 e. The lowest BCUT2D eigenvalue weighted by molar-refractivity contribution is 0.0693. The molecule has 1 rings (SSSR count). The summed E-state index contributed by atoms with van der Waals surface area (Å²) in [6, 6.07) is 3.53. The maximum absolute atomic E-state index is 11.4. The lowest BCUT2D eigenvalue weighted by Crippen LogP contribution is -2.27. The number of aromatic nitrogens is 1. The van der Waals surface area contributed by atoms with Gasteiger partial charge in [0.15, 0.2) is 0 Å². The van der Waals surface area contributed by atoms with Gasteiger partial charge in [-0.15, -0.1) is 0 Å². The summed E-state index contributed by atoms with van der Waals surface area (Å²) >= 11 is 0. The molecule has 4 heteroatoms. The Balaban J connectivity index is 3.13. The van der Waals surface area contributed by atoms with Crippen LogP contribution in [0.25, 0.3) is 0 Å². The van der Waals surface area contributed by atoms with E-state index in [1.807, 2.05) is 6.07 Å². The zero-order chi connectivity index (χ0) is 16.0. The van der Waals surface area contributed by atoms with Gasteiger partial charge in [-0.25, -0.2) is 4.79 Å². The molecule has 118 valence electrons. The van der Waals surface area contributed by atoms with Crippen molar-refractivity contribution in [1.29, 1.82) is 0 Å². The molecule has 0 saturated carbocycles. The second kappa shape index (κ2) is 7.55. The predicted octanol–water partition coefficient (Wildman–Crippen LogP) is 3.70. The quantitative estimate of drug-likeness (QED) is 0.832. The Kier molecular flexibility index (Phi) is 6.34. The van der Waals surface area contributed by atoms with Crippen LogP contribution in [0.1, 0.15) is 69.2 Å². The molecule has 0 bridgehead atoms. The maximum atomic E-state index is 11.4. The van der Waals surface area contributed by atoms with E-state index in [-0.39, 0.29) is 5.41 Å². The smallest absolute Gasteiger partial charge is 0.337 e. The van der Waals surface area contributed by atoms with Crippen LogP contribution in [0.15, 0.2) is 12.1 Å². The number of aromatic carboxylic acids is 1. The molecule has 0 aliphatic rings. The Labute approximate surface area is 128 Å². The van der Waals surface area contributed by atoms with Crippen molar-refractivity contribution in [2.45, 2.75) is 59.4 Å². The molecule has 0 amide bonds. The first-order chi connectivity index (χ1) is 9.79. The van der Waals surface area contributed by atoms with Crippen LogP contribution >= 0.6 is 0 Å². The minimum Gasteiger partial charge on any atom is -0.478 e. The van der Waals surface area contributed by atoms with Crippen molar-refractivity contribution in [3.05, 3.63) is 29.1 Å². The number of carbonyl (C=O) groups is 1. The molecule has 0 atom stereocenters. The lowest BCUT2D eigenvalue weighted by atomic mass is 9.91. The molecular weight excluding hydrogens is 264 g/mol. The third-order valence-electron chi connectivity index (χ3n) is 3.43. The minimum absolute atomic E-state index is 0.0773. The zero-order valence-electron chi connectivity index (χ0n) is 13.9. The highest BCUT2D eigenvalue weighted by atomic mass is 16.4. The van der Waals surface area contributed by atoms with Crippen LogP contribution < -0.4 is 0 Å². The molecule has 0 spiro atoms. The first-order valence-electron chi connectivity index (χ1n) is 7.75. The highest BCUT2D eigenvalue weighted by molar-refractivity contribution is 5.88. The van der Waals surface area contributed by atoms with Crippen molar-refractivity contribution in [1.82, 2.24) is 9.88 Å². The highest BCUT2D eigenvalue weighted by Crippen LogP contribution is 2.22. The highest BCUT2D eigenvalue weighted by Gasteiger charge is 2.20. The van der Waals surface area contributed by atoms with Gasteiger partial charge < -0.3 is 5.11 Å². The summed E-state index contributed by atoms with van der Waals surface area (Å²) in [6.45, 7) is 13.1. The predicted molar refractivity (Wildman–Crippen MR) is 85.8 cm³/mol. The molecule has 0 fully saturated rings. The molecule has 0 radical (unpaired) electrons. The van der Waals surface area contributed by atoms with Crippen LogP contribution in [-0.2, 0) is 12.0 Å². The third kappa shape index (κ3) is 5.12. The SMILES string of the molecule is CCCN(CCC)Cc1nc(C(C)(C)C)ccc1C(=O)O. The van der Waals surface area contributed by atoms with Crippen LogP contribution in [0.4, 0.5) is 0 Å². The summed E-state index contributed by atoms with van der Waals surface area (Å²) in [4.78, 5) is 18.3. The molecule has 0 saturated heterocycles. The maximum Gasteiger partial charge on any atom is 0.337 e. The monoisotopic (exact) mass is 292 g/mol. The Morgan fingerprint density at radius 3 is 2.19 bits per heavy atom. The molecule has 1 aromatic heterocycles. The second-order valence-electron chi connectivity index (χ2n) is 6.52. The Bertz CT molecular complexity index is 472. The van der Waals surface area contributed by atoms with Crippen molar-refractivity contribution in [3.8, 4) is 0 Å². The van der Waals surface area contributed by atoms with Crippen LogP contribution in [-0.4, -0.2) is 34.0 Å². The van der Waals surface area contributed by atoms with Gasteiger partial charge in [0.25, 0.3) is 0 Å². The van der Waals surface area contributed by atoms with E-state index in [1.165, 1.54) is 0 Å². The molecule has 1 N–H and O–H groups in total. The van der Waals surface area contributed by atoms with Crippen molar-refractivity contribution in [3.63, 3.8) is 0 Å². The number of hydrogen-bond acceptors (Lipinski definition) is 3. The minimum atomic E-state index is -0.897. The lowest BCUT2D eigenvalue weighted by Gasteiger charge is -2.24. The van der Waals surface area contributed by atoms with Crippen LogP contribution in [0.3, 0.4) is 0 Å². The van der Waals surface area contributed by atoms with Crippen molar-refractivity contribution in [2.24, 2.45) is 0 Å². The van der Waals surface area contributed by atoms with E-state index in [0.717, 1.165) is 31.6 Å². The van der Waals surface area contributed by atoms with Crippen molar-refractivity contribution in [2.75, 3.05) is 13.1 Å². The van der Waals surface area contributed by atoms with Gasteiger partial charge in [0.2, 0.25) is 0 Å². The average molecular weight is 292 g/mol. The van der Waals surface area contributed by atoms with E-state index < -0.39 is 5.97 Å². The van der Waals surface area contributed by atoms with E-state index in [0.29, 0.717) is 17.8 Å². The summed E-state index contributed by atoms with van der Waals surface area (Å²) in [6.07, 6.45) is 2.11. The molecule has 0 aliphatic carbocycles. The summed E-state index contributed by atoms with van der Waals surface area (Å²) in [7, 11) is 0. The first-order valence-corrected chi connectivity index (χ1v) is 7.75. The standard InChI is InChI=1S/C17H28N2O2/c1-6-10-19(11-7-2)12-14-13(16(20)21)8-9-15(18-14)17(3,4)5/h8-9H,6-7,10-12H2,1-5H3,(H,20,21). The average Bonchev–Trinajstić information content (AvgIpc) is 2.38. The van der Waals surface area contributed by atoms with E-state index in [4.69, 9.17) is 0 Å². The third-order valence-corrected chi connectivity index (χ3v) is 3.43. The van der Waals surface area contributed by atoms with Gasteiger partial charge in [-0.3, -0.25) is 9.88 Å². The van der Waals surface area contributed by atoms with Gasteiger partial charge in [0, 0.05) is 17.7 Å². The van der Waals surface area contributed by atoms with Crippen molar-refractivity contribution >= 4 is 5.97 Å². The fourth-order valence-corrected chi connectivity index (χ4v) is 2.35. The Hall–Kier alpha value is -1.42. The summed E-state index contributed by atoms with van der Waals surface area (Å²) in [5.74, 6) is -0.897. The van der Waals surface area contributed by atoms with Crippen LogP contribution in [0, 0.1) is 0 Å². The molecular formula is C17H28N2O2. The van der Waals surface area contributed by atoms with Gasteiger partial charge in [0.1, 0.15) is 0 Å². The molecule has 0 unspecified atom stereocenters. The zero-order valence-corrected chi connectivity index (χ0v) is 13.9. The number of carboxylic acids is 1. The van der Waals surface area contributed by atoms with Gasteiger partial charge in [-0.1, -0.05) is 34.6 Å². The second-order valence-corrected chi connectivity index (χ2v) is 6.52.